The van der Waals surface area contributed by atoms with E-state index in [0.29, 0.717) is 68.8 Å². The molecule has 93 heavy (non-hydrogen) atoms. The number of benzene rings is 2. The molecule has 7 aliphatic rings. The van der Waals surface area contributed by atoms with E-state index in [1.165, 1.54) is 13.0 Å². The first-order chi connectivity index (χ1) is 44.1. The molecule has 15 unspecified atom stereocenters. The molecule has 0 bridgehead atoms. The standard InChI is InChI=1S/C69H100N2O22/c1-8-66(5)31-50(78)69(28-27-65(3,4)30-43(69)42(66)24-23-40-14-12-17-48-67(40,6)26-25-49(77)68(48,7)36-74)64(86)93-63-59(92-62-57(84)55(82)58(37(2)89-62)91-61-56(83)53(80)45(76)35-88-61)54(81)52(47(33-73)90-63)71-51(79)18-10-9-11-29-70-60(85)39-21-19-38(20-22-39)34-87-46-16-13-15-44(75)41(46)32-72/h13,15-16,19-22,24,32,36-37,40,43,45,47-50,52-59,61-63,73,75-78,80-84H,8-12,14,17-18,23,25-31,33-35H2,1-7H3,(H,70,85)(H,71,79)/b42-24-/t37?,40?,43?,45-,47?,48?,49+,50?,52+,53?,54?,55?,56?,57?,58+,59?,61+,62+,63+,66?,67?,68?,69-/m1/s1. The van der Waals surface area contributed by atoms with Crippen molar-refractivity contribution in [2.45, 2.75) is 250 Å². The fourth-order valence-electron chi connectivity index (χ4n) is 16.4. The smallest absolute Gasteiger partial charge is 0.317 e. The molecular weight excluding hydrogens is 1210 g/mol. The second kappa shape index (κ2) is 29.8. The first-order valence-corrected chi connectivity index (χ1v) is 33.3. The SMILES string of the molecule is CCC1(C)CC(O)[C@@]2(C(=O)O[C@@H]3OC(CO)[C@H](NC(=O)CCCCCNC(=O)c4ccc(COc5cccc(O)c5C=O)cc4)C(O)C3O[C@@H]3OC(C)[C@H](O[C@@H]4OC[C@@H](O)C(O)C4O)C(O)C3O)CCC(C)(C)CC2/C1=C/CC1CCCC2C1(C)CC[C@H](O)C2(C)C=O. The van der Waals surface area contributed by atoms with Crippen LogP contribution in [0.25, 0.3) is 0 Å². The first-order valence-electron chi connectivity index (χ1n) is 33.3. The molecule has 12 N–H and O–H groups in total. The zero-order chi connectivity index (χ0) is 67.5. The zero-order valence-electron chi connectivity index (χ0n) is 54.5. The number of aromatic hydroxyl groups is 1. The van der Waals surface area contributed by atoms with Gasteiger partial charge in [-0.2, -0.15) is 0 Å². The Morgan fingerprint density at radius 1 is 0.763 bits per heavy atom. The van der Waals surface area contributed by atoms with Gasteiger partial charge in [0.15, 0.2) is 25.0 Å². The number of hydrogen-bond donors (Lipinski definition) is 12. The number of hydrogen-bond acceptors (Lipinski definition) is 22. The molecule has 3 heterocycles. The summed E-state index contributed by atoms with van der Waals surface area (Å²) in [7, 11) is 0. The van der Waals surface area contributed by atoms with Gasteiger partial charge in [-0.1, -0.05) is 84.2 Å². The predicted molar refractivity (Wildman–Crippen MR) is 332 cm³/mol. The first kappa shape index (κ1) is 72.2. The number of amides is 2. The number of aliphatic hydroxyl groups excluding tert-OH is 9. The van der Waals surface area contributed by atoms with Crippen LogP contribution >= 0.6 is 0 Å². The van der Waals surface area contributed by atoms with Gasteiger partial charge in [-0.05, 0) is 148 Å². The molecule has 4 aliphatic carbocycles. The number of allylic oxidation sites excluding steroid dienone is 2. The van der Waals surface area contributed by atoms with E-state index >= 15 is 4.79 Å². The van der Waals surface area contributed by atoms with Crippen molar-refractivity contribution in [3.63, 3.8) is 0 Å². The van der Waals surface area contributed by atoms with E-state index in [-0.39, 0.29) is 78.0 Å². The summed E-state index contributed by atoms with van der Waals surface area (Å²) in [6.07, 6.45) is -12.2. The van der Waals surface area contributed by atoms with E-state index < -0.39 is 145 Å². The van der Waals surface area contributed by atoms with Crippen molar-refractivity contribution in [1.82, 2.24) is 10.6 Å². The Morgan fingerprint density at radius 2 is 1.48 bits per heavy atom. The van der Waals surface area contributed by atoms with Gasteiger partial charge in [0.25, 0.3) is 5.91 Å². The maximum absolute atomic E-state index is 15.8. The van der Waals surface area contributed by atoms with Crippen LogP contribution in [0.3, 0.4) is 0 Å². The van der Waals surface area contributed by atoms with Crippen LogP contribution in [0, 0.1) is 44.8 Å². The lowest BCUT2D eigenvalue weighted by molar-refractivity contribution is -0.370. The second-order valence-corrected chi connectivity index (χ2v) is 28.9. The number of carbonyl (C=O) groups excluding carboxylic acids is 5. The summed E-state index contributed by atoms with van der Waals surface area (Å²) in [5.41, 5.74) is -1.43. The summed E-state index contributed by atoms with van der Waals surface area (Å²) in [5, 5.41) is 117. The summed E-state index contributed by atoms with van der Waals surface area (Å²) in [6.45, 7) is 13.2. The van der Waals surface area contributed by atoms with Crippen LogP contribution in [0.5, 0.6) is 11.5 Å². The number of esters is 1. The molecule has 3 saturated heterocycles. The molecule has 9 rings (SSSR count). The number of fused-ring (bicyclic) bond motifs is 2. The van der Waals surface area contributed by atoms with Gasteiger partial charge in [0.1, 0.15) is 78.6 Å². The quantitative estimate of drug-likeness (QED) is 0.0324. The van der Waals surface area contributed by atoms with Gasteiger partial charge in [0.05, 0.1) is 48.5 Å². The molecule has 0 radical (unpaired) electrons. The number of phenols is 1. The van der Waals surface area contributed by atoms with Crippen LogP contribution < -0.4 is 15.4 Å². The lowest BCUT2D eigenvalue weighted by Crippen LogP contribution is -2.68. The van der Waals surface area contributed by atoms with E-state index in [1.54, 1.807) is 36.4 Å². The predicted octanol–water partition coefficient (Wildman–Crippen LogP) is 3.95. The van der Waals surface area contributed by atoms with Crippen LogP contribution in [0.4, 0.5) is 0 Å². The number of rotatable bonds is 23. The van der Waals surface area contributed by atoms with Crippen LogP contribution in [-0.2, 0) is 49.4 Å². The highest BCUT2D eigenvalue weighted by molar-refractivity contribution is 5.94. The van der Waals surface area contributed by atoms with Gasteiger partial charge in [0.2, 0.25) is 12.2 Å². The Bertz CT molecular complexity index is 2950. The van der Waals surface area contributed by atoms with Crippen molar-refractivity contribution >= 4 is 30.4 Å². The van der Waals surface area contributed by atoms with Gasteiger partial charge >= 0.3 is 5.97 Å². The second-order valence-electron chi connectivity index (χ2n) is 28.9. The van der Waals surface area contributed by atoms with Crippen LogP contribution in [0.1, 0.15) is 171 Å². The number of phenolic OH excluding ortho intramolecular Hbond substituents is 1. The fraction of sp³-hybridized carbons (Fsp3) is 0.725. The molecule has 7 fully saturated rings. The monoisotopic (exact) mass is 1310 g/mol. The molecule has 0 aromatic heterocycles. The molecular formula is C69H100N2O22. The van der Waals surface area contributed by atoms with Gasteiger partial charge in [-0.15, -0.1) is 0 Å². The summed E-state index contributed by atoms with van der Waals surface area (Å²) in [4.78, 5) is 66.9. The molecule has 2 aromatic rings. The van der Waals surface area contributed by atoms with Gasteiger partial charge in [0, 0.05) is 18.5 Å². The summed E-state index contributed by atoms with van der Waals surface area (Å²) in [5.74, 6) is -2.19. The summed E-state index contributed by atoms with van der Waals surface area (Å²) >= 11 is 0. The van der Waals surface area contributed by atoms with Crippen molar-refractivity contribution in [3.05, 3.63) is 70.8 Å². The van der Waals surface area contributed by atoms with E-state index in [2.05, 4.69) is 51.3 Å². The maximum Gasteiger partial charge on any atom is 0.317 e. The average molecular weight is 1310 g/mol. The van der Waals surface area contributed by atoms with Crippen molar-refractivity contribution in [2.24, 2.45) is 44.8 Å². The van der Waals surface area contributed by atoms with Crippen molar-refractivity contribution in [2.75, 3.05) is 19.8 Å². The molecule has 24 nitrogen and oxygen atoms in total. The minimum atomic E-state index is -1.99. The molecule has 23 atom stereocenters. The average Bonchev–Trinajstić information content (AvgIpc) is 0.718. The minimum absolute atomic E-state index is 0.0296. The number of carbonyl (C=O) groups is 5. The number of aldehydes is 2. The van der Waals surface area contributed by atoms with Crippen molar-refractivity contribution < 1.29 is 108 Å². The maximum atomic E-state index is 15.8. The summed E-state index contributed by atoms with van der Waals surface area (Å²) < 4.78 is 42.3. The van der Waals surface area contributed by atoms with Gasteiger partial charge < -0.3 is 99.7 Å². The molecule has 4 saturated carbocycles. The third-order valence-electron chi connectivity index (χ3n) is 22.5. The molecule has 518 valence electrons. The third-order valence-corrected chi connectivity index (χ3v) is 22.5. The van der Waals surface area contributed by atoms with Crippen molar-refractivity contribution in [3.8, 4) is 11.5 Å². The lowest BCUT2D eigenvalue weighted by atomic mass is 9.45. The molecule has 3 aliphatic heterocycles. The number of ether oxygens (including phenoxy) is 7. The number of unbranched alkanes of at least 4 members (excludes halogenated alkanes) is 2. The molecule has 2 aromatic carbocycles. The van der Waals surface area contributed by atoms with Crippen LogP contribution in [0.15, 0.2) is 54.1 Å². The Kier molecular flexibility index (Phi) is 23.1. The summed E-state index contributed by atoms with van der Waals surface area (Å²) in [6, 6.07) is 9.72. The number of nitrogens with one attached hydrogen (secondary N) is 2. The Labute approximate surface area is 543 Å². The third kappa shape index (κ3) is 14.8. The Hall–Kier alpha value is -5.03. The fourth-order valence-corrected chi connectivity index (χ4v) is 16.4. The van der Waals surface area contributed by atoms with Crippen molar-refractivity contribution in [1.29, 1.82) is 0 Å². The minimum Gasteiger partial charge on any atom is -0.507 e. The van der Waals surface area contributed by atoms with Crippen LogP contribution in [-0.4, -0.2) is 199 Å². The molecule has 2 amide bonds. The van der Waals surface area contributed by atoms with Gasteiger partial charge in [-0.25, -0.2) is 0 Å². The van der Waals surface area contributed by atoms with E-state index in [0.717, 1.165) is 37.5 Å². The van der Waals surface area contributed by atoms with Gasteiger partial charge in [-0.3, -0.25) is 19.2 Å². The number of aliphatic hydroxyl groups is 9. The highest BCUT2D eigenvalue weighted by atomic mass is 16.8. The topological polar surface area (TPSA) is 376 Å². The van der Waals surface area contributed by atoms with Crippen LogP contribution in [0.2, 0.25) is 0 Å². The molecule has 0 spiro atoms. The highest BCUT2D eigenvalue weighted by Gasteiger charge is 2.65. The lowest BCUT2D eigenvalue weighted by Gasteiger charge is -2.59. The largest absolute Gasteiger partial charge is 0.507 e. The highest BCUT2D eigenvalue weighted by Crippen LogP contribution is 2.65. The van der Waals surface area contributed by atoms with E-state index in [1.807, 2.05) is 6.92 Å². The van der Waals surface area contributed by atoms with E-state index in [4.69, 9.17) is 33.2 Å². The van der Waals surface area contributed by atoms with E-state index in [9.17, 15) is 70.2 Å². The Morgan fingerprint density at radius 3 is 2.18 bits per heavy atom. The Balaban J connectivity index is 0.906. The zero-order valence-corrected chi connectivity index (χ0v) is 54.5. The molecule has 24 heteroatoms. The normalized spacial score (nSPS) is 40.4.